The van der Waals surface area contributed by atoms with Crippen molar-refractivity contribution < 1.29 is 8.78 Å². The van der Waals surface area contributed by atoms with Crippen molar-refractivity contribution in [3.8, 4) is 11.4 Å². The highest BCUT2D eigenvalue weighted by Crippen LogP contribution is 2.28. The molecule has 21 heavy (non-hydrogen) atoms. The molecule has 0 saturated carbocycles. The van der Waals surface area contributed by atoms with E-state index in [1.165, 1.54) is 12.1 Å². The second-order valence-corrected chi connectivity index (χ2v) is 5.22. The molecule has 0 aliphatic heterocycles. The molecule has 0 radical (unpaired) electrons. The number of halogens is 2. The van der Waals surface area contributed by atoms with Crippen LogP contribution in [0.4, 0.5) is 14.6 Å². The number of hydrogen-bond donors (Lipinski definition) is 1. The number of nitrogens with zero attached hydrogens (tertiary/aromatic N) is 2. The van der Waals surface area contributed by atoms with Gasteiger partial charge in [-0.05, 0) is 12.8 Å². The van der Waals surface area contributed by atoms with E-state index in [4.69, 9.17) is 0 Å². The van der Waals surface area contributed by atoms with Gasteiger partial charge in [-0.25, -0.2) is 18.7 Å². The molecule has 0 amide bonds. The fourth-order valence-electron chi connectivity index (χ4n) is 2.37. The summed E-state index contributed by atoms with van der Waals surface area (Å²) in [5, 5.41) is 3.09. The van der Waals surface area contributed by atoms with Crippen molar-refractivity contribution >= 4 is 5.82 Å². The third-order valence-electron chi connectivity index (χ3n) is 3.37. The second-order valence-electron chi connectivity index (χ2n) is 5.22. The summed E-state index contributed by atoms with van der Waals surface area (Å²) in [6.07, 6.45) is -2.46. The maximum absolute atomic E-state index is 12.6. The van der Waals surface area contributed by atoms with Crippen LogP contribution in [0.1, 0.15) is 43.0 Å². The summed E-state index contributed by atoms with van der Waals surface area (Å²) in [4.78, 5) is 9.02. The van der Waals surface area contributed by atoms with Crippen LogP contribution in [-0.2, 0) is 0 Å². The Labute approximate surface area is 123 Å². The topological polar surface area (TPSA) is 37.8 Å². The summed E-state index contributed by atoms with van der Waals surface area (Å²) in [6, 6.07) is 6.08. The molecule has 1 aromatic heterocycles. The molecule has 0 aliphatic rings. The van der Waals surface area contributed by atoms with Crippen LogP contribution in [0, 0.1) is 6.92 Å². The minimum Gasteiger partial charge on any atom is -0.373 e. The second kappa shape index (κ2) is 6.16. The summed E-state index contributed by atoms with van der Waals surface area (Å²) < 4.78 is 25.2. The standard InChI is InChI=1S/C16H19F2N3/c1-9(2)13-10(3)20-15(21-16(13)19-4)12-7-5-11(6-8-12)14(17)18/h5-9,14H,1-4H3,(H,19,20,21). The fraction of sp³-hybridized carbons (Fsp3) is 0.375. The molecule has 0 aliphatic carbocycles. The van der Waals surface area contributed by atoms with E-state index in [2.05, 4.69) is 29.1 Å². The molecule has 2 aromatic rings. The van der Waals surface area contributed by atoms with Gasteiger partial charge in [0.1, 0.15) is 5.82 Å². The lowest BCUT2D eigenvalue weighted by molar-refractivity contribution is 0.151. The Hall–Kier alpha value is -2.04. The Balaban J connectivity index is 2.47. The number of aromatic nitrogens is 2. The van der Waals surface area contributed by atoms with Crippen LogP contribution in [0.2, 0.25) is 0 Å². The van der Waals surface area contributed by atoms with Crippen LogP contribution in [0.3, 0.4) is 0 Å². The molecular weight excluding hydrogens is 272 g/mol. The van der Waals surface area contributed by atoms with Crippen molar-refractivity contribution in [3.63, 3.8) is 0 Å². The van der Waals surface area contributed by atoms with E-state index in [1.807, 2.05) is 14.0 Å². The van der Waals surface area contributed by atoms with Crippen molar-refractivity contribution in [1.82, 2.24) is 9.97 Å². The number of hydrogen-bond acceptors (Lipinski definition) is 3. The largest absolute Gasteiger partial charge is 0.373 e. The van der Waals surface area contributed by atoms with E-state index < -0.39 is 6.43 Å². The molecule has 3 nitrogen and oxygen atoms in total. The van der Waals surface area contributed by atoms with E-state index in [9.17, 15) is 8.78 Å². The first-order chi connectivity index (χ1) is 9.93. The molecule has 1 N–H and O–H groups in total. The highest BCUT2D eigenvalue weighted by atomic mass is 19.3. The Morgan fingerprint density at radius 3 is 2.14 bits per heavy atom. The molecule has 5 heteroatoms. The van der Waals surface area contributed by atoms with Gasteiger partial charge in [-0.1, -0.05) is 38.1 Å². The maximum Gasteiger partial charge on any atom is 0.263 e. The average Bonchev–Trinajstić information content (AvgIpc) is 2.45. The van der Waals surface area contributed by atoms with E-state index in [0.717, 1.165) is 22.6 Å². The zero-order chi connectivity index (χ0) is 15.6. The lowest BCUT2D eigenvalue weighted by Crippen LogP contribution is -2.07. The number of anilines is 1. The van der Waals surface area contributed by atoms with Gasteiger partial charge in [0.2, 0.25) is 0 Å². The van der Waals surface area contributed by atoms with Crippen molar-refractivity contribution in [2.24, 2.45) is 0 Å². The van der Waals surface area contributed by atoms with Gasteiger partial charge < -0.3 is 5.32 Å². The summed E-state index contributed by atoms with van der Waals surface area (Å²) in [5.41, 5.74) is 2.71. The zero-order valence-electron chi connectivity index (χ0n) is 12.6. The van der Waals surface area contributed by atoms with Crippen molar-refractivity contribution in [3.05, 3.63) is 41.1 Å². The highest BCUT2D eigenvalue weighted by Gasteiger charge is 2.15. The molecule has 1 heterocycles. The van der Waals surface area contributed by atoms with Crippen LogP contribution in [-0.4, -0.2) is 17.0 Å². The Morgan fingerprint density at radius 1 is 1.05 bits per heavy atom. The van der Waals surface area contributed by atoms with Gasteiger partial charge in [0.05, 0.1) is 0 Å². The minimum absolute atomic E-state index is 0.00288. The predicted molar refractivity (Wildman–Crippen MR) is 80.8 cm³/mol. The molecule has 0 unspecified atom stereocenters. The van der Waals surface area contributed by atoms with Crippen LogP contribution in [0.25, 0.3) is 11.4 Å². The first-order valence-electron chi connectivity index (χ1n) is 6.88. The highest BCUT2D eigenvalue weighted by molar-refractivity contribution is 5.60. The monoisotopic (exact) mass is 291 g/mol. The van der Waals surface area contributed by atoms with Crippen LogP contribution in [0.15, 0.2) is 24.3 Å². The summed E-state index contributed by atoms with van der Waals surface area (Å²) in [7, 11) is 1.82. The lowest BCUT2D eigenvalue weighted by Gasteiger charge is -2.15. The van der Waals surface area contributed by atoms with Gasteiger partial charge in [0.25, 0.3) is 6.43 Å². The van der Waals surface area contributed by atoms with Gasteiger partial charge in [-0.15, -0.1) is 0 Å². The minimum atomic E-state index is -2.46. The van der Waals surface area contributed by atoms with Gasteiger partial charge >= 0.3 is 0 Å². The third kappa shape index (κ3) is 3.17. The Bertz CT molecular complexity index is 622. The quantitative estimate of drug-likeness (QED) is 0.897. The van der Waals surface area contributed by atoms with E-state index >= 15 is 0 Å². The number of alkyl halides is 2. The van der Waals surface area contributed by atoms with Gasteiger partial charge in [0, 0.05) is 29.4 Å². The summed E-state index contributed by atoms with van der Waals surface area (Å²) in [5.74, 6) is 1.63. The Kier molecular flexibility index (Phi) is 4.50. The molecule has 1 aromatic carbocycles. The number of aryl methyl sites for hydroxylation is 1. The van der Waals surface area contributed by atoms with E-state index in [1.54, 1.807) is 12.1 Å². The van der Waals surface area contributed by atoms with Crippen molar-refractivity contribution in [2.45, 2.75) is 33.1 Å². The SMILES string of the molecule is CNc1nc(-c2ccc(C(F)F)cc2)nc(C)c1C(C)C. The zero-order valence-corrected chi connectivity index (χ0v) is 12.6. The van der Waals surface area contributed by atoms with Crippen LogP contribution >= 0.6 is 0 Å². The van der Waals surface area contributed by atoms with Gasteiger partial charge in [0.15, 0.2) is 5.82 Å². The van der Waals surface area contributed by atoms with Crippen LogP contribution < -0.4 is 5.32 Å². The number of rotatable bonds is 4. The number of benzene rings is 1. The molecule has 0 atom stereocenters. The van der Waals surface area contributed by atoms with Crippen LogP contribution in [0.5, 0.6) is 0 Å². The maximum atomic E-state index is 12.6. The van der Waals surface area contributed by atoms with Gasteiger partial charge in [-0.2, -0.15) is 0 Å². The Morgan fingerprint density at radius 2 is 1.67 bits per heavy atom. The average molecular weight is 291 g/mol. The first kappa shape index (κ1) is 15.4. The van der Waals surface area contributed by atoms with Gasteiger partial charge in [-0.3, -0.25) is 0 Å². The van der Waals surface area contributed by atoms with Crippen molar-refractivity contribution in [2.75, 3.05) is 12.4 Å². The van der Waals surface area contributed by atoms with E-state index in [-0.39, 0.29) is 5.56 Å². The number of nitrogens with one attached hydrogen (secondary N) is 1. The summed E-state index contributed by atoms with van der Waals surface area (Å²) in [6.45, 7) is 6.11. The first-order valence-corrected chi connectivity index (χ1v) is 6.88. The fourth-order valence-corrected chi connectivity index (χ4v) is 2.37. The predicted octanol–water partition coefficient (Wildman–Crippen LogP) is 4.55. The molecule has 112 valence electrons. The normalized spacial score (nSPS) is 11.2. The molecule has 2 rings (SSSR count). The molecule has 0 spiro atoms. The van der Waals surface area contributed by atoms with E-state index in [0.29, 0.717) is 11.7 Å². The van der Waals surface area contributed by atoms with Crippen molar-refractivity contribution in [1.29, 1.82) is 0 Å². The lowest BCUT2D eigenvalue weighted by atomic mass is 10.0. The summed E-state index contributed by atoms with van der Waals surface area (Å²) >= 11 is 0. The molecule has 0 fully saturated rings. The smallest absolute Gasteiger partial charge is 0.263 e. The third-order valence-corrected chi connectivity index (χ3v) is 3.37. The molecular formula is C16H19F2N3. The molecule has 0 bridgehead atoms. The molecule has 0 saturated heterocycles.